The van der Waals surface area contributed by atoms with Gasteiger partial charge in [-0.2, -0.15) is 0 Å². The second-order valence-corrected chi connectivity index (χ2v) is 2.78. The van der Waals surface area contributed by atoms with Crippen molar-refractivity contribution >= 4 is 34.2 Å². The van der Waals surface area contributed by atoms with E-state index in [0.29, 0.717) is 10.1 Å². The van der Waals surface area contributed by atoms with E-state index in [0.717, 1.165) is 0 Å². The molecule has 1 heterocycles. The Bertz CT molecular complexity index is 117. The molecule has 1 aliphatic rings. The van der Waals surface area contributed by atoms with E-state index in [-0.39, 0.29) is 58.7 Å². The van der Waals surface area contributed by atoms with Gasteiger partial charge in [-0.25, -0.2) is 0 Å². The van der Waals surface area contributed by atoms with E-state index in [1.165, 1.54) is 11.8 Å². The Balaban J connectivity index is 0. The average molecular weight is 173 g/mol. The van der Waals surface area contributed by atoms with Gasteiger partial charge in [-0.05, 0) is 0 Å². The monoisotopic (exact) mass is 173 g/mol. The van der Waals surface area contributed by atoms with Crippen molar-refractivity contribution in [3.63, 3.8) is 0 Å². The first-order valence-corrected chi connectivity index (χ1v) is 3.15. The number of carbonyl (C=O) groups is 1. The van der Waals surface area contributed by atoms with E-state index in [2.05, 4.69) is 17.5 Å². The van der Waals surface area contributed by atoms with Crippen molar-refractivity contribution < 1.29 is 57.6 Å². The first-order valence-electron chi connectivity index (χ1n) is 1.75. The topological polar surface area (TPSA) is 29.1 Å². The molecule has 0 bridgehead atoms. The molecular weight excluding hydrogens is 169 g/mol. The smallest absolute Gasteiger partial charge is 1.00 e. The average Bonchev–Trinajstić information content (AvgIpc) is 1.87. The van der Waals surface area contributed by atoms with E-state index in [4.69, 9.17) is 0 Å². The second kappa shape index (κ2) is 4.38. The van der Waals surface area contributed by atoms with Gasteiger partial charge in [0.2, 0.25) is 5.91 Å². The molecule has 0 aromatic carbocycles. The van der Waals surface area contributed by atoms with Gasteiger partial charge in [0.1, 0.15) is 4.32 Å². The van der Waals surface area contributed by atoms with Crippen molar-refractivity contribution in [1.82, 2.24) is 5.32 Å². The largest absolute Gasteiger partial charge is 1.00 e. The first kappa shape index (κ1) is 9.55. The molecule has 0 aliphatic carbocycles. The van der Waals surface area contributed by atoms with E-state index in [9.17, 15) is 4.79 Å². The molecule has 1 amide bonds. The van der Waals surface area contributed by atoms with Crippen LogP contribution in [0.25, 0.3) is 0 Å². The van der Waals surface area contributed by atoms with Gasteiger partial charge in [-0.15, -0.1) is 0 Å². The molecule has 0 aromatic rings. The molecule has 1 N–H and O–H groups in total. The van der Waals surface area contributed by atoms with Gasteiger partial charge in [-0.1, -0.05) is 24.0 Å². The van der Waals surface area contributed by atoms with Crippen LogP contribution in [0.2, 0.25) is 0 Å². The van der Waals surface area contributed by atoms with Crippen molar-refractivity contribution in [2.45, 2.75) is 0 Å². The number of nitrogens with one attached hydrogen (secondary N) is 1. The Morgan fingerprint density at radius 1 is 1.88 bits per heavy atom. The SMILES string of the molecule is O=C1CSC(=S)N1.[H-].[K+]. The Labute approximate surface area is 101 Å². The Morgan fingerprint density at radius 3 is 2.62 bits per heavy atom. The number of thioether (sulfide) groups is 1. The first-order chi connectivity index (χ1) is 3.29. The van der Waals surface area contributed by atoms with Gasteiger partial charge >= 0.3 is 51.4 Å². The minimum Gasteiger partial charge on any atom is -1.00 e. The third-order valence-corrected chi connectivity index (χ3v) is 1.80. The summed E-state index contributed by atoms with van der Waals surface area (Å²) >= 11 is 6.00. The summed E-state index contributed by atoms with van der Waals surface area (Å²) in [6.07, 6.45) is 0. The summed E-state index contributed by atoms with van der Waals surface area (Å²) in [4.78, 5) is 10.2. The van der Waals surface area contributed by atoms with E-state index < -0.39 is 0 Å². The fraction of sp³-hybridized carbons (Fsp3) is 0.333. The van der Waals surface area contributed by atoms with Crippen LogP contribution in [0.4, 0.5) is 0 Å². The van der Waals surface area contributed by atoms with Gasteiger partial charge in [-0.3, -0.25) is 4.79 Å². The minimum absolute atomic E-state index is 0. The van der Waals surface area contributed by atoms with Crippen molar-refractivity contribution in [2.24, 2.45) is 0 Å². The number of hydrogen-bond donors (Lipinski definition) is 1. The molecule has 1 aliphatic heterocycles. The van der Waals surface area contributed by atoms with Crippen LogP contribution in [0, 0.1) is 0 Å². The molecule has 0 saturated carbocycles. The van der Waals surface area contributed by atoms with E-state index in [1.54, 1.807) is 0 Å². The summed E-state index contributed by atoms with van der Waals surface area (Å²) in [5.74, 6) is 0.522. The molecule has 0 spiro atoms. The summed E-state index contributed by atoms with van der Waals surface area (Å²) in [6, 6.07) is 0. The summed E-state index contributed by atoms with van der Waals surface area (Å²) in [5.41, 5.74) is 0. The second-order valence-electron chi connectivity index (χ2n) is 1.12. The zero-order valence-electron chi connectivity index (χ0n) is 5.43. The molecule has 5 heteroatoms. The van der Waals surface area contributed by atoms with Gasteiger partial charge in [0.25, 0.3) is 0 Å². The van der Waals surface area contributed by atoms with Crippen molar-refractivity contribution in [1.29, 1.82) is 0 Å². The molecule has 0 aromatic heterocycles. The molecule has 2 nitrogen and oxygen atoms in total. The third-order valence-electron chi connectivity index (χ3n) is 0.576. The number of amides is 1. The number of hydrogen-bond acceptors (Lipinski definition) is 3. The molecule has 0 atom stereocenters. The summed E-state index contributed by atoms with van der Waals surface area (Å²) in [7, 11) is 0. The number of carbonyl (C=O) groups excluding carboxylic acids is 1. The maximum atomic E-state index is 10.2. The van der Waals surface area contributed by atoms with Gasteiger partial charge in [0.15, 0.2) is 0 Å². The normalized spacial score (nSPS) is 17.5. The zero-order chi connectivity index (χ0) is 5.28. The van der Waals surface area contributed by atoms with Crippen LogP contribution in [0.3, 0.4) is 0 Å². The van der Waals surface area contributed by atoms with Gasteiger partial charge < -0.3 is 6.74 Å². The number of thiocarbonyl (C=S) groups is 1. The van der Waals surface area contributed by atoms with E-state index >= 15 is 0 Å². The van der Waals surface area contributed by atoms with Gasteiger partial charge in [0.05, 0.1) is 5.75 Å². The van der Waals surface area contributed by atoms with Crippen LogP contribution < -0.4 is 56.7 Å². The molecule has 0 unspecified atom stereocenters. The summed E-state index contributed by atoms with van der Waals surface area (Å²) in [6.45, 7) is 0. The predicted octanol–water partition coefficient (Wildman–Crippen LogP) is -2.75. The van der Waals surface area contributed by atoms with Crippen LogP contribution in [-0.2, 0) is 4.79 Å². The summed E-state index contributed by atoms with van der Waals surface area (Å²) in [5, 5.41) is 2.47. The Morgan fingerprint density at radius 2 is 2.50 bits per heavy atom. The van der Waals surface area contributed by atoms with Crippen LogP contribution in [-0.4, -0.2) is 16.0 Å². The fourth-order valence-corrected chi connectivity index (χ4v) is 1.13. The Kier molecular flexibility index (Phi) is 5.22. The van der Waals surface area contributed by atoms with Crippen LogP contribution in [0.15, 0.2) is 0 Å². The molecular formula is C3H4KNOS2. The molecule has 40 valence electrons. The number of rotatable bonds is 0. The van der Waals surface area contributed by atoms with Gasteiger partial charge in [0, 0.05) is 0 Å². The van der Waals surface area contributed by atoms with Crippen molar-refractivity contribution in [3.8, 4) is 0 Å². The molecule has 1 fully saturated rings. The van der Waals surface area contributed by atoms with Crippen LogP contribution in [0.5, 0.6) is 0 Å². The van der Waals surface area contributed by atoms with Crippen LogP contribution >= 0.6 is 24.0 Å². The third kappa shape index (κ3) is 2.91. The zero-order valence-corrected chi connectivity index (χ0v) is 9.19. The van der Waals surface area contributed by atoms with Crippen molar-refractivity contribution in [2.75, 3.05) is 5.75 Å². The molecule has 0 radical (unpaired) electrons. The van der Waals surface area contributed by atoms with Crippen LogP contribution in [0.1, 0.15) is 1.43 Å². The molecule has 1 saturated heterocycles. The quantitative estimate of drug-likeness (QED) is 0.318. The molecule has 8 heavy (non-hydrogen) atoms. The minimum atomic E-state index is 0. The maximum absolute atomic E-state index is 10.2. The molecule has 1 rings (SSSR count). The van der Waals surface area contributed by atoms with E-state index in [1.807, 2.05) is 0 Å². The maximum Gasteiger partial charge on any atom is 1.00 e. The summed E-state index contributed by atoms with van der Waals surface area (Å²) < 4.78 is 0.602. The fourth-order valence-electron chi connectivity index (χ4n) is 0.317. The standard InChI is InChI=1S/C3H3NOS2.K.H/c5-2-1-7-3(6)4-2;;/h1H2,(H,4,5,6);;/q;+1;-1. The predicted molar refractivity (Wildman–Crippen MR) is 34.3 cm³/mol. The Hall–Kier alpha value is 1.55. The van der Waals surface area contributed by atoms with Crippen molar-refractivity contribution in [3.05, 3.63) is 0 Å².